The fourth-order valence-corrected chi connectivity index (χ4v) is 2.62. The van der Waals surface area contributed by atoms with Crippen molar-refractivity contribution in [2.75, 3.05) is 11.9 Å². The van der Waals surface area contributed by atoms with E-state index in [-0.39, 0.29) is 6.54 Å². The number of hydrogen-bond donors (Lipinski definition) is 2. The SMILES string of the molecule is C=CCN1C(=O)NC2(C(=O)Nc3ccc(C)cc32)C1=O. The molecule has 1 aromatic carbocycles. The van der Waals surface area contributed by atoms with E-state index in [2.05, 4.69) is 17.2 Å². The Bertz CT molecular complexity index is 668. The van der Waals surface area contributed by atoms with E-state index in [4.69, 9.17) is 0 Å². The quantitative estimate of drug-likeness (QED) is 0.476. The summed E-state index contributed by atoms with van der Waals surface area (Å²) in [7, 11) is 0. The van der Waals surface area contributed by atoms with Crippen molar-refractivity contribution in [1.82, 2.24) is 10.2 Å². The number of anilines is 1. The standard InChI is InChI=1S/C14H13N3O3/c1-3-6-17-12(19)14(16-13(17)20)9-7-8(2)4-5-10(9)15-11(14)18/h3-5,7H,1,6H2,2H3,(H,15,18)(H,16,20). The van der Waals surface area contributed by atoms with Crippen LogP contribution in [0.1, 0.15) is 11.1 Å². The molecule has 1 unspecified atom stereocenters. The van der Waals surface area contributed by atoms with Crippen LogP contribution in [0.15, 0.2) is 30.9 Å². The van der Waals surface area contributed by atoms with Crippen LogP contribution >= 0.6 is 0 Å². The maximum absolute atomic E-state index is 12.5. The second kappa shape index (κ2) is 3.93. The second-order valence-corrected chi connectivity index (χ2v) is 4.89. The molecule has 4 amide bonds. The summed E-state index contributed by atoms with van der Waals surface area (Å²) in [6.45, 7) is 5.44. The van der Waals surface area contributed by atoms with Gasteiger partial charge < -0.3 is 10.6 Å². The largest absolute Gasteiger partial charge is 0.326 e. The van der Waals surface area contributed by atoms with Gasteiger partial charge in [-0.1, -0.05) is 23.8 Å². The fraction of sp³-hybridized carbons (Fsp3) is 0.214. The maximum Gasteiger partial charge on any atom is 0.326 e. The first-order valence-electron chi connectivity index (χ1n) is 6.18. The zero-order valence-electron chi connectivity index (χ0n) is 10.9. The highest BCUT2D eigenvalue weighted by Crippen LogP contribution is 2.40. The molecule has 1 saturated heterocycles. The minimum atomic E-state index is -1.64. The van der Waals surface area contributed by atoms with Crippen molar-refractivity contribution in [3.05, 3.63) is 42.0 Å². The Morgan fingerprint density at radius 3 is 2.80 bits per heavy atom. The van der Waals surface area contributed by atoms with Crippen LogP contribution in [-0.2, 0) is 15.1 Å². The van der Waals surface area contributed by atoms with Crippen molar-refractivity contribution in [3.8, 4) is 0 Å². The molecule has 0 aliphatic carbocycles. The summed E-state index contributed by atoms with van der Waals surface area (Å²) in [6.07, 6.45) is 1.44. The minimum Gasteiger partial charge on any atom is -0.323 e. The van der Waals surface area contributed by atoms with E-state index in [1.165, 1.54) is 6.08 Å². The van der Waals surface area contributed by atoms with E-state index in [1.807, 2.05) is 13.0 Å². The molecule has 2 aliphatic rings. The van der Waals surface area contributed by atoms with Gasteiger partial charge >= 0.3 is 6.03 Å². The van der Waals surface area contributed by atoms with Crippen molar-refractivity contribution in [2.24, 2.45) is 0 Å². The predicted octanol–water partition coefficient (Wildman–Crippen LogP) is 0.880. The molecular weight excluding hydrogens is 258 g/mol. The molecule has 1 aromatic rings. The second-order valence-electron chi connectivity index (χ2n) is 4.89. The predicted molar refractivity (Wildman–Crippen MR) is 71.9 cm³/mol. The Labute approximate surface area is 115 Å². The first-order valence-corrected chi connectivity index (χ1v) is 6.18. The molecule has 102 valence electrons. The Morgan fingerprint density at radius 2 is 2.10 bits per heavy atom. The number of carbonyl (C=O) groups is 3. The molecule has 3 rings (SSSR count). The van der Waals surface area contributed by atoms with Gasteiger partial charge in [-0.25, -0.2) is 4.79 Å². The smallest absolute Gasteiger partial charge is 0.323 e. The van der Waals surface area contributed by atoms with Gasteiger partial charge in [0.1, 0.15) is 0 Å². The molecular formula is C14H13N3O3. The first kappa shape index (κ1) is 12.4. The lowest BCUT2D eigenvalue weighted by atomic mass is 9.90. The molecule has 1 atom stereocenters. The van der Waals surface area contributed by atoms with Gasteiger partial charge in [0, 0.05) is 17.8 Å². The number of aryl methyl sites for hydroxylation is 1. The zero-order valence-corrected chi connectivity index (χ0v) is 10.9. The molecule has 0 bridgehead atoms. The third kappa shape index (κ3) is 1.36. The lowest BCUT2D eigenvalue weighted by molar-refractivity contribution is -0.137. The summed E-state index contributed by atoms with van der Waals surface area (Å²) in [5, 5.41) is 5.17. The number of rotatable bonds is 2. The fourth-order valence-electron chi connectivity index (χ4n) is 2.62. The van der Waals surface area contributed by atoms with E-state index in [9.17, 15) is 14.4 Å². The topological polar surface area (TPSA) is 78.5 Å². The van der Waals surface area contributed by atoms with Gasteiger partial charge in [-0.2, -0.15) is 0 Å². The van der Waals surface area contributed by atoms with Gasteiger partial charge in [0.15, 0.2) is 0 Å². The number of nitrogens with one attached hydrogen (secondary N) is 2. The number of carbonyl (C=O) groups excluding carboxylic acids is 3. The van der Waals surface area contributed by atoms with Crippen molar-refractivity contribution in [1.29, 1.82) is 0 Å². The average Bonchev–Trinajstić information content (AvgIpc) is 2.82. The molecule has 2 heterocycles. The summed E-state index contributed by atoms with van der Waals surface area (Å²) < 4.78 is 0. The number of benzene rings is 1. The molecule has 0 aromatic heterocycles. The van der Waals surface area contributed by atoms with E-state index < -0.39 is 23.4 Å². The molecule has 2 N–H and O–H groups in total. The third-order valence-corrected chi connectivity index (χ3v) is 3.59. The molecule has 6 heteroatoms. The van der Waals surface area contributed by atoms with E-state index in [0.29, 0.717) is 11.3 Å². The highest BCUT2D eigenvalue weighted by Gasteiger charge is 2.61. The van der Waals surface area contributed by atoms with E-state index in [0.717, 1.165) is 10.5 Å². The molecule has 6 nitrogen and oxygen atoms in total. The zero-order chi connectivity index (χ0) is 14.5. The summed E-state index contributed by atoms with van der Waals surface area (Å²) in [5.74, 6) is -1.09. The lowest BCUT2D eigenvalue weighted by Crippen LogP contribution is -2.49. The number of amides is 4. The normalized spacial score (nSPS) is 23.9. The van der Waals surface area contributed by atoms with Crippen LogP contribution in [0.3, 0.4) is 0 Å². The summed E-state index contributed by atoms with van der Waals surface area (Å²) >= 11 is 0. The Hall–Kier alpha value is -2.63. The Balaban J connectivity index is 2.17. The molecule has 0 radical (unpaired) electrons. The van der Waals surface area contributed by atoms with Crippen LogP contribution in [0.25, 0.3) is 0 Å². The first-order chi connectivity index (χ1) is 9.50. The van der Waals surface area contributed by atoms with Gasteiger partial charge in [-0.05, 0) is 13.0 Å². The molecule has 2 aliphatic heterocycles. The average molecular weight is 271 g/mol. The van der Waals surface area contributed by atoms with Crippen LogP contribution in [-0.4, -0.2) is 29.3 Å². The van der Waals surface area contributed by atoms with Crippen molar-refractivity contribution in [2.45, 2.75) is 12.5 Å². The molecule has 1 fully saturated rings. The number of nitrogens with zero attached hydrogens (tertiary/aromatic N) is 1. The van der Waals surface area contributed by atoms with Gasteiger partial charge in [0.25, 0.3) is 11.8 Å². The summed E-state index contributed by atoms with van der Waals surface area (Å²) in [5.41, 5.74) is 0.313. The number of urea groups is 1. The third-order valence-electron chi connectivity index (χ3n) is 3.59. The van der Waals surface area contributed by atoms with Crippen LogP contribution in [0.2, 0.25) is 0 Å². The monoisotopic (exact) mass is 271 g/mol. The van der Waals surface area contributed by atoms with Crippen molar-refractivity contribution >= 4 is 23.5 Å². The Morgan fingerprint density at radius 1 is 1.35 bits per heavy atom. The Kier molecular flexibility index (Phi) is 2.44. The number of hydrogen-bond acceptors (Lipinski definition) is 3. The van der Waals surface area contributed by atoms with Gasteiger partial charge in [0.05, 0.1) is 0 Å². The van der Waals surface area contributed by atoms with Gasteiger partial charge in [-0.3, -0.25) is 14.5 Å². The van der Waals surface area contributed by atoms with E-state index in [1.54, 1.807) is 12.1 Å². The highest BCUT2D eigenvalue weighted by atomic mass is 16.2. The molecule has 1 spiro atoms. The summed E-state index contributed by atoms with van der Waals surface area (Å²) in [6, 6.07) is 4.72. The van der Waals surface area contributed by atoms with Crippen molar-refractivity contribution in [3.63, 3.8) is 0 Å². The lowest BCUT2D eigenvalue weighted by Gasteiger charge is -2.19. The number of fused-ring (bicyclic) bond motifs is 2. The van der Waals surface area contributed by atoms with Gasteiger partial charge in [0.2, 0.25) is 5.54 Å². The maximum atomic E-state index is 12.5. The minimum absolute atomic E-state index is 0.0703. The van der Waals surface area contributed by atoms with Crippen LogP contribution in [0.5, 0.6) is 0 Å². The number of imide groups is 1. The van der Waals surface area contributed by atoms with Crippen LogP contribution < -0.4 is 10.6 Å². The van der Waals surface area contributed by atoms with Crippen molar-refractivity contribution < 1.29 is 14.4 Å². The highest BCUT2D eigenvalue weighted by molar-refractivity contribution is 6.26. The molecule has 0 saturated carbocycles. The van der Waals surface area contributed by atoms with Gasteiger partial charge in [-0.15, -0.1) is 6.58 Å². The van der Waals surface area contributed by atoms with Crippen LogP contribution in [0, 0.1) is 6.92 Å². The summed E-state index contributed by atoms with van der Waals surface area (Å²) in [4.78, 5) is 37.8. The van der Waals surface area contributed by atoms with Crippen LogP contribution in [0.4, 0.5) is 10.5 Å². The van der Waals surface area contributed by atoms with E-state index >= 15 is 0 Å². The molecule has 20 heavy (non-hydrogen) atoms.